The number of nitrogens with two attached hydrogens (primary N) is 1. The van der Waals surface area contributed by atoms with Gasteiger partial charge in [0.1, 0.15) is 53.6 Å². The zero-order valence-corrected chi connectivity index (χ0v) is 59.1. The van der Waals surface area contributed by atoms with E-state index in [9.17, 15) is 33.1 Å². The van der Waals surface area contributed by atoms with E-state index in [-0.39, 0.29) is 63.4 Å². The summed E-state index contributed by atoms with van der Waals surface area (Å²) in [5.41, 5.74) is 12.5. The molecule has 490 valence electrons. The van der Waals surface area contributed by atoms with Crippen LogP contribution in [0.15, 0.2) is 23.3 Å². The van der Waals surface area contributed by atoms with Crippen molar-refractivity contribution in [1.82, 2.24) is 5.32 Å². The average molecular weight is 1310 g/mol. The number of carboxylic acids is 1. The first-order valence-electron chi connectivity index (χ1n) is 29.3. The Kier molecular flexibility index (Phi) is 36.5. The van der Waals surface area contributed by atoms with Crippen LogP contribution in [-0.2, 0) is 77.1 Å². The van der Waals surface area contributed by atoms with E-state index in [4.69, 9.17) is 69.0 Å². The molecule has 0 spiro atoms. The molecule has 2 aliphatic heterocycles. The fourth-order valence-corrected chi connectivity index (χ4v) is 12.7. The fraction of sp³-hybridized carbons (Fsp3) is 0.650. The minimum atomic E-state index is -3.33. The SMILES string of the molecule is CC(C)COC(=O)Cl.CCOP(=O)(CCN)OCC.CCOP(=O)(CNC(=O)CC/C(C)=C/Cc1c(OC)c(C)c2c(c1OCC[Si](C)(C)C)C(=O)OC2)OCC.COc1c(C)c2c(c(OCC[Si](C)(C)C)c1C/C=C(\C)CCC(=O)O)C(=O)OC2. The molecule has 26 heteroatoms. The summed E-state index contributed by atoms with van der Waals surface area (Å²) in [6.45, 7) is 35.8. The number of fused-ring (bicyclic) bond motifs is 2. The van der Waals surface area contributed by atoms with Crippen molar-refractivity contribution in [3.63, 3.8) is 0 Å². The van der Waals surface area contributed by atoms with Crippen molar-refractivity contribution in [2.45, 2.75) is 172 Å². The molecule has 0 aliphatic carbocycles. The molecule has 21 nitrogen and oxygen atoms in total. The number of carbonyl (C=O) groups excluding carboxylic acids is 4. The first kappa shape index (κ1) is 79.5. The van der Waals surface area contributed by atoms with Crippen molar-refractivity contribution >= 4 is 72.2 Å². The number of hydrogen-bond acceptors (Lipinski definition) is 19. The summed E-state index contributed by atoms with van der Waals surface area (Å²) in [7, 11) is -5.60. The highest BCUT2D eigenvalue weighted by atomic mass is 35.5. The van der Waals surface area contributed by atoms with Crippen LogP contribution >= 0.6 is 26.8 Å². The Morgan fingerprint density at radius 1 is 0.674 bits per heavy atom. The summed E-state index contributed by atoms with van der Waals surface area (Å²) in [6, 6.07) is 1.93. The highest BCUT2D eigenvalue weighted by Crippen LogP contribution is 2.48. The van der Waals surface area contributed by atoms with Gasteiger partial charge in [-0.15, -0.1) is 0 Å². The summed E-state index contributed by atoms with van der Waals surface area (Å²) in [4.78, 5) is 58.2. The minimum absolute atomic E-state index is 0.0918. The van der Waals surface area contributed by atoms with Crippen LogP contribution in [0.4, 0.5) is 4.79 Å². The van der Waals surface area contributed by atoms with E-state index in [0.29, 0.717) is 111 Å². The van der Waals surface area contributed by atoms with Gasteiger partial charge in [-0.25, -0.2) is 14.4 Å². The van der Waals surface area contributed by atoms with E-state index in [1.54, 1.807) is 41.9 Å². The van der Waals surface area contributed by atoms with Crippen molar-refractivity contribution in [3.8, 4) is 23.0 Å². The number of rotatable bonds is 34. The molecule has 0 fully saturated rings. The summed E-state index contributed by atoms with van der Waals surface area (Å²) in [5, 5.41) is 11.6. The van der Waals surface area contributed by atoms with Crippen LogP contribution in [0.25, 0.3) is 0 Å². The standard InChI is InChI=1S/C27H44NO8PSi.C22H32O6Si.C6H16NO3P.C5H9ClO2/c1-9-35-37(31,36-10-2)18-28-23(29)14-12-19(3)11-13-21-25(32-5)20(4)22-17-34-27(30)24(22)26(21)33-15-16-38(6,7)8;1-14(8-10-18(23)24)7-9-16-20(26-3)15(2)17-13-28-22(25)19(17)21(16)27-11-12-29(4,5)6;1-3-9-11(8,6-5-7)10-4-2;1-4(2)3-8-5(6)7/h11H,9-10,12-18H2,1-8H3,(H,28,29);7H,8-13H2,1-6H3,(H,23,24);3-7H2,1-2H3;4H,3H2,1-2H3/b19-11+;14-7+;;. The van der Waals surface area contributed by atoms with Gasteiger partial charge in [-0.3, -0.25) is 18.7 Å². The van der Waals surface area contributed by atoms with Gasteiger partial charge in [-0.05, 0) is 110 Å². The van der Waals surface area contributed by atoms with Gasteiger partial charge in [-0.1, -0.05) is 76.4 Å². The molecule has 0 unspecified atom stereocenters. The van der Waals surface area contributed by atoms with Gasteiger partial charge in [0.2, 0.25) is 5.91 Å². The van der Waals surface area contributed by atoms with E-state index in [0.717, 1.165) is 56.6 Å². The number of carbonyl (C=O) groups is 5. The summed E-state index contributed by atoms with van der Waals surface area (Å²) < 4.78 is 83.4. The lowest BCUT2D eigenvalue weighted by molar-refractivity contribution is -0.137. The largest absolute Gasteiger partial charge is 0.496 e. The second-order valence-electron chi connectivity index (χ2n) is 23.1. The lowest BCUT2D eigenvalue weighted by Crippen LogP contribution is -2.25. The van der Waals surface area contributed by atoms with Crippen LogP contribution in [0.3, 0.4) is 0 Å². The number of aliphatic carboxylic acids is 1. The Hall–Kier alpha value is -4.55. The lowest BCUT2D eigenvalue weighted by Gasteiger charge is -2.21. The molecule has 1 amide bonds. The Bertz CT molecular complexity index is 2670. The van der Waals surface area contributed by atoms with Crippen LogP contribution in [0.2, 0.25) is 51.4 Å². The number of cyclic esters (lactones) is 2. The number of benzene rings is 2. The highest BCUT2D eigenvalue weighted by molar-refractivity contribution is 7.54. The fourth-order valence-electron chi connectivity index (χ4n) is 8.37. The molecule has 4 N–H and O–H groups in total. The number of ether oxygens (including phenoxy) is 7. The van der Waals surface area contributed by atoms with Gasteiger partial charge < -0.3 is 67.4 Å². The van der Waals surface area contributed by atoms with Crippen molar-refractivity contribution in [2.75, 3.05) is 79.5 Å². The minimum Gasteiger partial charge on any atom is -0.496 e. The Morgan fingerprint density at radius 3 is 1.40 bits per heavy atom. The molecular formula is C60H101ClN2O19P2Si2. The molecule has 0 atom stereocenters. The molecule has 0 saturated heterocycles. The Balaban J connectivity index is 0.000000672. The normalized spacial score (nSPS) is 13.2. The van der Waals surface area contributed by atoms with E-state index >= 15 is 0 Å². The van der Waals surface area contributed by atoms with Crippen LogP contribution in [0.5, 0.6) is 23.0 Å². The van der Waals surface area contributed by atoms with Gasteiger partial charge in [0.05, 0.1) is 66.6 Å². The number of hydrogen-bond donors (Lipinski definition) is 3. The Labute approximate surface area is 518 Å². The number of amides is 1. The maximum Gasteiger partial charge on any atom is 0.403 e. The van der Waals surface area contributed by atoms with Gasteiger partial charge in [0.25, 0.3) is 0 Å². The third kappa shape index (κ3) is 28.7. The number of halogens is 1. The molecule has 2 aromatic carbocycles. The van der Waals surface area contributed by atoms with Crippen LogP contribution in [0.1, 0.15) is 135 Å². The number of methoxy groups -OCH3 is 2. The van der Waals surface area contributed by atoms with Gasteiger partial charge in [0, 0.05) is 69.4 Å². The maximum atomic E-state index is 12.6. The molecule has 2 heterocycles. The number of nitrogens with one attached hydrogen (secondary N) is 1. The number of carboxylic acid groups (broad SMARTS) is 1. The molecule has 2 aromatic rings. The van der Waals surface area contributed by atoms with E-state index in [2.05, 4.69) is 49.3 Å². The molecule has 0 aromatic heterocycles. The van der Waals surface area contributed by atoms with Gasteiger partial charge in [-0.2, -0.15) is 0 Å². The van der Waals surface area contributed by atoms with Crippen molar-refractivity contribution in [2.24, 2.45) is 11.7 Å². The molecular weight excluding hydrogens is 1210 g/mol. The number of esters is 2. The molecule has 4 rings (SSSR count). The molecule has 0 radical (unpaired) electrons. The second-order valence-corrected chi connectivity index (χ2v) is 38.9. The third-order valence-electron chi connectivity index (χ3n) is 12.9. The van der Waals surface area contributed by atoms with Crippen LogP contribution in [-0.4, -0.2) is 130 Å². The van der Waals surface area contributed by atoms with Crippen molar-refractivity contribution in [1.29, 1.82) is 0 Å². The third-order valence-corrected chi connectivity index (χ3v) is 20.4. The van der Waals surface area contributed by atoms with Crippen molar-refractivity contribution in [3.05, 3.63) is 67.8 Å². The van der Waals surface area contributed by atoms with E-state index < -0.39 is 42.7 Å². The average Bonchev–Trinajstić information content (AvgIpc) is 1.52. The van der Waals surface area contributed by atoms with Crippen LogP contribution < -0.4 is 30.0 Å². The first-order chi connectivity index (χ1) is 40.2. The zero-order valence-electron chi connectivity index (χ0n) is 54.5. The van der Waals surface area contributed by atoms with Crippen LogP contribution in [0, 0.1) is 19.8 Å². The first-order valence-corrected chi connectivity index (χ1v) is 40.6. The smallest absolute Gasteiger partial charge is 0.403 e. The van der Waals surface area contributed by atoms with E-state index in [1.807, 2.05) is 53.7 Å². The van der Waals surface area contributed by atoms with Gasteiger partial charge >= 0.3 is 38.5 Å². The zero-order chi connectivity index (χ0) is 65.6. The van der Waals surface area contributed by atoms with E-state index in [1.165, 1.54) is 0 Å². The molecule has 0 saturated carbocycles. The van der Waals surface area contributed by atoms with Gasteiger partial charge in [0.15, 0.2) is 0 Å². The predicted molar refractivity (Wildman–Crippen MR) is 343 cm³/mol. The summed E-state index contributed by atoms with van der Waals surface area (Å²) >= 11 is 4.86. The van der Waals surface area contributed by atoms with Crippen molar-refractivity contribution < 1.29 is 89.5 Å². The monoisotopic (exact) mass is 1310 g/mol. The number of allylic oxidation sites excluding steroid dienone is 4. The maximum absolute atomic E-state index is 12.6. The predicted octanol–water partition coefficient (Wildman–Crippen LogP) is 14.0. The summed E-state index contributed by atoms with van der Waals surface area (Å²) in [6.07, 6.45) is 6.44. The quantitative estimate of drug-likeness (QED) is 0.0147. The summed E-state index contributed by atoms with van der Waals surface area (Å²) in [5.74, 6) is 1.05. The highest BCUT2D eigenvalue weighted by Gasteiger charge is 2.35. The lowest BCUT2D eigenvalue weighted by atomic mass is 9.94. The topological polar surface area (TPSA) is 279 Å². The molecule has 86 heavy (non-hydrogen) atoms. The molecule has 0 bridgehead atoms. The Morgan fingerprint density at radius 2 is 1.07 bits per heavy atom. The molecule has 2 aliphatic rings. The second kappa shape index (κ2) is 39.5.